The van der Waals surface area contributed by atoms with Crippen molar-refractivity contribution < 1.29 is 23.5 Å². The van der Waals surface area contributed by atoms with Gasteiger partial charge >= 0.3 is 5.97 Å². The molecule has 7 nitrogen and oxygen atoms in total. The topological polar surface area (TPSA) is 88.9 Å². The van der Waals surface area contributed by atoms with E-state index in [0.29, 0.717) is 12.1 Å². The second-order valence-electron chi connectivity index (χ2n) is 4.16. The van der Waals surface area contributed by atoms with Crippen molar-refractivity contribution in [3.63, 3.8) is 0 Å². The van der Waals surface area contributed by atoms with Gasteiger partial charge in [0.1, 0.15) is 6.26 Å². The molecule has 0 aromatic carbocycles. The highest BCUT2D eigenvalue weighted by Crippen LogP contribution is 1.99. The Kier molecular flexibility index (Phi) is 6.28. The fourth-order valence-electron chi connectivity index (χ4n) is 1.46. The molecule has 1 N–H and O–H groups in total. The Bertz CT molecular complexity index is 455. The van der Waals surface area contributed by atoms with E-state index in [1.165, 1.54) is 24.5 Å². The van der Waals surface area contributed by atoms with Gasteiger partial charge in [-0.15, -0.1) is 0 Å². The van der Waals surface area contributed by atoms with Crippen LogP contribution in [0, 0.1) is 0 Å². The molecule has 1 rings (SSSR count). The molecule has 0 aliphatic heterocycles. The lowest BCUT2D eigenvalue weighted by Crippen LogP contribution is -2.33. The van der Waals surface area contributed by atoms with Crippen LogP contribution in [0.3, 0.4) is 0 Å². The van der Waals surface area contributed by atoms with Crippen molar-refractivity contribution in [2.45, 2.75) is 12.8 Å². The van der Waals surface area contributed by atoms with E-state index < -0.39 is 0 Å². The van der Waals surface area contributed by atoms with Crippen molar-refractivity contribution in [3.8, 4) is 0 Å². The van der Waals surface area contributed by atoms with Gasteiger partial charge < -0.3 is 19.4 Å². The average molecular weight is 282 g/mol. The molecule has 1 aromatic rings. The van der Waals surface area contributed by atoms with Crippen LogP contribution >= 0.6 is 0 Å². The summed E-state index contributed by atoms with van der Waals surface area (Å²) in [4.78, 5) is 35.6. The Hall–Kier alpha value is -2.31. The second kappa shape index (κ2) is 7.98. The fraction of sp³-hybridized carbons (Fsp3) is 0.462. The average Bonchev–Trinajstić information content (AvgIpc) is 2.98. The first kappa shape index (κ1) is 15.7. The Balaban J connectivity index is 2.22. The molecule has 0 bridgehead atoms. The number of amides is 2. The number of rotatable bonds is 7. The van der Waals surface area contributed by atoms with E-state index in [1.807, 2.05) is 0 Å². The lowest BCUT2D eigenvalue weighted by Gasteiger charge is -2.16. The van der Waals surface area contributed by atoms with Crippen molar-refractivity contribution in [1.82, 2.24) is 10.2 Å². The second-order valence-corrected chi connectivity index (χ2v) is 4.16. The number of carbonyl (C=O) groups is 3. The van der Waals surface area contributed by atoms with Crippen molar-refractivity contribution in [1.29, 1.82) is 0 Å². The molecule has 0 aliphatic carbocycles. The predicted octanol–water partition coefficient (Wildman–Crippen LogP) is 0.421. The quantitative estimate of drug-likeness (QED) is 0.732. The van der Waals surface area contributed by atoms with E-state index in [0.717, 1.165) is 0 Å². The Labute approximate surface area is 116 Å². The van der Waals surface area contributed by atoms with Gasteiger partial charge in [0, 0.05) is 26.6 Å². The summed E-state index contributed by atoms with van der Waals surface area (Å²) >= 11 is 0. The predicted molar refractivity (Wildman–Crippen MR) is 69.9 cm³/mol. The van der Waals surface area contributed by atoms with E-state index in [4.69, 9.17) is 4.42 Å². The molecule has 0 atom stereocenters. The number of hydrogen-bond acceptors (Lipinski definition) is 5. The minimum atomic E-state index is -0.363. The standard InChI is InChI=1S/C13H18N2O5/c1-15(7-4-12(17)19-2)11(16)3-6-14-13(18)10-5-8-20-9-10/h5,8-9H,3-4,6-7H2,1-2H3,(H,14,18). The number of carbonyl (C=O) groups excluding carboxylic acids is 3. The van der Waals surface area contributed by atoms with Crippen molar-refractivity contribution in [2.75, 3.05) is 27.2 Å². The largest absolute Gasteiger partial charge is 0.472 e. The summed E-state index contributed by atoms with van der Waals surface area (Å²) in [6.45, 7) is 0.520. The maximum absolute atomic E-state index is 11.7. The van der Waals surface area contributed by atoms with Crippen LogP contribution in [0.5, 0.6) is 0 Å². The molecule has 0 spiro atoms. The van der Waals surface area contributed by atoms with Crippen LogP contribution < -0.4 is 5.32 Å². The summed E-state index contributed by atoms with van der Waals surface area (Å²) in [6.07, 6.45) is 3.06. The van der Waals surface area contributed by atoms with Gasteiger partial charge in [-0.25, -0.2) is 0 Å². The summed E-state index contributed by atoms with van der Waals surface area (Å²) in [5.74, 6) is -0.803. The number of nitrogens with zero attached hydrogens (tertiary/aromatic N) is 1. The van der Waals surface area contributed by atoms with Crippen LogP contribution in [-0.2, 0) is 14.3 Å². The first-order valence-corrected chi connectivity index (χ1v) is 6.15. The van der Waals surface area contributed by atoms with Crippen molar-refractivity contribution in [3.05, 3.63) is 24.2 Å². The highest BCUT2D eigenvalue weighted by molar-refractivity contribution is 5.94. The maximum Gasteiger partial charge on any atom is 0.307 e. The van der Waals surface area contributed by atoms with Gasteiger partial charge in [-0.3, -0.25) is 14.4 Å². The molecule has 0 unspecified atom stereocenters. The van der Waals surface area contributed by atoms with Crippen LogP contribution in [0.25, 0.3) is 0 Å². The molecular formula is C13H18N2O5. The molecule has 0 fully saturated rings. The minimum Gasteiger partial charge on any atom is -0.472 e. The van der Waals surface area contributed by atoms with Gasteiger partial charge in [-0.2, -0.15) is 0 Å². The Morgan fingerprint density at radius 1 is 1.35 bits per heavy atom. The molecule has 20 heavy (non-hydrogen) atoms. The minimum absolute atomic E-state index is 0.151. The molecule has 2 amide bonds. The number of esters is 1. The van der Waals surface area contributed by atoms with Gasteiger partial charge in [-0.05, 0) is 6.07 Å². The van der Waals surface area contributed by atoms with Crippen LogP contribution in [-0.4, -0.2) is 49.9 Å². The maximum atomic E-state index is 11.7. The summed E-state index contributed by atoms with van der Waals surface area (Å²) in [5.41, 5.74) is 0.413. The third-order valence-electron chi connectivity index (χ3n) is 2.71. The number of methoxy groups -OCH3 is 1. The van der Waals surface area contributed by atoms with Crippen LogP contribution in [0.1, 0.15) is 23.2 Å². The zero-order chi connectivity index (χ0) is 15.0. The third-order valence-corrected chi connectivity index (χ3v) is 2.71. The molecule has 1 heterocycles. The third kappa shape index (κ3) is 5.13. The summed E-state index contributed by atoms with van der Waals surface area (Å²) in [6, 6.07) is 1.54. The van der Waals surface area contributed by atoms with Crippen molar-refractivity contribution in [2.24, 2.45) is 0 Å². The monoisotopic (exact) mass is 282 g/mol. The van der Waals surface area contributed by atoms with E-state index in [-0.39, 0.29) is 37.2 Å². The molecule has 110 valence electrons. The zero-order valence-corrected chi connectivity index (χ0v) is 11.5. The summed E-state index contributed by atoms with van der Waals surface area (Å²) in [5, 5.41) is 2.61. The van der Waals surface area contributed by atoms with Crippen LogP contribution in [0.4, 0.5) is 0 Å². The van der Waals surface area contributed by atoms with E-state index in [9.17, 15) is 14.4 Å². The SMILES string of the molecule is COC(=O)CCN(C)C(=O)CCNC(=O)c1ccoc1. The smallest absolute Gasteiger partial charge is 0.307 e. The Morgan fingerprint density at radius 3 is 2.70 bits per heavy atom. The number of furan rings is 1. The van der Waals surface area contributed by atoms with E-state index in [1.54, 1.807) is 13.1 Å². The number of nitrogens with one attached hydrogen (secondary N) is 1. The lowest BCUT2D eigenvalue weighted by atomic mass is 10.3. The molecule has 7 heteroatoms. The molecule has 1 aromatic heterocycles. The summed E-state index contributed by atoms with van der Waals surface area (Å²) in [7, 11) is 2.90. The van der Waals surface area contributed by atoms with Crippen LogP contribution in [0.2, 0.25) is 0 Å². The molecule has 0 radical (unpaired) electrons. The van der Waals surface area contributed by atoms with Gasteiger partial charge in [0.2, 0.25) is 5.91 Å². The van der Waals surface area contributed by atoms with Gasteiger partial charge in [0.15, 0.2) is 0 Å². The highest BCUT2D eigenvalue weighted by atomic mass is 16.5. The molecule has 0 saturated heterocycles. The van der Waals surface area contributed by atoms with Crippen LogP contribution in [0.15, 0.2) is 23.0 Å². The first-order valence-electron chi connectivity index (χ1n) is 6.15. The van der Waals surface area contributed by atoms with E-state index >= 15 is 0 Å². The van der Waals surface area contributed by atoms with Gasteiger partial charge in [0.05, 0.1) is 25.4 Å². The fourth-order valence-corrected chi connectivity index (χ4v) is 1.46. The molecular weight excluding hydrogens is 264 g/mol. The highest BCUT2D eigenvalue weighted by Gasteiger charge is 2.12. The Morgan fingerprint density at radius 2 is 2.10 bits per heavy atom. The zero-order valence-electron chi connectivity index (χ0n) is 11.5. The molecule has 0 saturated carbocycles. The first-order chi connectivity index (χ1) is 9.54. The molecule has 0 aliphatic rings. The number of ether oxygens (including phenoxy) is 1. The van der Waals surface area contributed by atoms with Gasteiger partial charge in [-0.1, -0.05) is 0 Å². The summed E-state index contributed by atoms with van der Waals surface area (Å²) < 4.78 is 9.28. The lowest BCUT2D eigenvalue weighted by molar-refractivity contribution is -0.141. The van der Waals surface area contributed by atoms with Crippen molar-refractivity contribution >= 4 is 17.8 Å². The van der Waals surface area contributed by atoms with E-state index in [2.05, 4.69) is 10.1 Å². The van der Waals surface area contributed by atoms with Gasteiger partial charge in [0.25, 0.3) is 5.91 Å². The normalized spacial score (nSPS) is 9.90. The number of hydrogen-bond donors (Lipinski definition) is 1.